The third kappa shape index (κ3) is 3.79. The molecule has 0 aliphatic carbocycles. The summed E-state index contributed by atoms with van der Waals surface area (Å²) in [5, 5.41) is 3.30. The predicted octanol–water partition coefficient (Wildman–Crippen LogP) is 1.23. The fourth-order valence-electron chi connectivity index (χ4n) is 3.23. The van der Waals surface area contributed by atoms with Gasteiger partial charge in [0.25, 0.3) is 0 Å². The van der Waals surface area contributed by atoms with Gasteiger partial charge in [-0.25, -0.2) is 10.9 Å². The first kappa shape index (κ1) is 17.2. The number of halogens is 1. The van der Waals surface area contributed by atoms with Crippen LogP contribution in [0.4, 0.5) is 0 Å². The summed E-state index contributed by atoms with van der Waals surface area (Å²) in [6, 6.07) is 11.0. The number of carbonyl (C=O) groups excluding carboxylic acids is 1. The molecule has 22 heavy (non-hydrogen) atoms. The van der Waals surface area contributed by atoms with Gasteiger partial charge in [0.2, 0.25) is 5.91 Å². The topological polar surface area (TPSA) is 56.4 Å². The number of hydrogen-bond donors (Lipinski definition) is 3. The molecule has 2 atom stereocenters. The number of hydrazine groups is 1. The zero-order chi connectivity index (χ0) is 14.7. The van der Waals surface area contributed by atoms with Gasteiger partial charge in [0.05, 0.1) is 0 Å². The summed E-state index contributed by atoms with van der Waals surface area (Å²) in [6.45, 7) is 1.72. The lowest BCUT2D eigenvalue weighted by Crippen LogP contribution is -2.50. The molecule has 2 aliphatic rings. The Kier molecular flexibility index (Phi) is 6.20. The molecule has 5 nitrogen and oxygen atoms in total. The van der Waals surface area contributed by atoms with Crippen LogP contribution in [-0.2, 0) is 4.79 Å². The summed E-state index contributed by atoms with van der Waals surface area (Å²) in [4.78, 5) is 14.6. The normalized spacial score (nSPS) is 25.8. The molecule has 0 radical (unpaired) electrons. The van der Waals surface area contributed by atoms with Crippen molar-refractivity contribution in [1.29, 1.82) is 0 Å². The number of hydrogen-bond acceptors (Lipinski definition) is 4. The number of benzene rings is 1. The Hall–Kier alpha value is -1.14. The van der Waals surface area contributed by atoms with Gasteiger partial charge in [0, 0.05) is 25.2 Å². The van der Waals surface area contributed by atoms with Crippen molar-refractivity contribution in [3.63, 3.8) is 0 Å². The first-order valence-electron chi connectivity index (χ1n) is 7.80. The van der Waals surface area contributed by atoms with Gasteiger partial charge in [-0.3, -0.25) is 4.79 Å². The second-order valence-electron chi connectivity index (χ2n) is 5.93. The van der Waals surface area contributed by atoms with E-state index < -0.39 is 0 Å². The highest BCUT2D eigenvalue weighted by Crippen LogP contribution is 2.23. The van der Waals surface area contributed by atoms with E-state index in [1.54, 1.807) is 0 Å². The highest BCUT2D eigenvalue weighted by molar-refractivity contribution is 5.85. The van der Waals surface area contributed by atoms with Crippen LogP contribution in [0.5, 0.6) is 0 Å². The van der Waals surface area contributed by atoms with Gasteiger partial charge in [-0.15, -0.1) is 12.4 Å². The molecule has 6 heteroatoms. The summed E-state index contributed by atoms with van der Waals surface area (Å²) in [5.41, 5.74) is 7.65. The number of carbonyl (C=O) groups is 1. The number of amides is 1. The van der Waals surface area contributed by atoms with E-state index in [2.05, 4.69) is 28.3 Å². The van der Waals surface area contributed by atoms with Crippen LogP contribution in [0.1, 0.15) is 30.9 Å². The van der Waals surface area contributed by atoms with Crippen molar-refractivity contribution >= 4 is 18.3 Å². The Bertz CT molecular complexity index is 476. The van der Waals surface area contributed by atoms with Crippen LogP contribution in [0.25, 0.3) is 0 Å². The van der Waals surface area contributed by atoms with Gasteiger partial charge in [-0.2, -0.15) is 0 Å². The molecule has 1 amide bonds. The van der Waals surface area contributed by atoms with Gasteiger partial charge in [0.1, 0.15) is 6.04 Å². The fourth-order valence-corrected chi connectivity index (χ4v) is 3.23. The maximum Gasteiger partial charge on any atom is 0.241 e. The van der Waals surface area contributed by atoms with Crippen LogP contribution in [0.3, 0.4) is 0 Å². The van der Waals surface area contributed by atoms with Crippen LogP contribution in [0.15, 0.2) is 30.3 Å². The Morgan fingerprint density at radius 1 is 1.18 bits per heavy atom. The van der Waals surface area contributed by atoms with Crippen molar-refractivity contribution in [2.45, 2.75) is 37.4 Å². The van der Waals surface area contributed by atoms with E-state index in [1.807, 2.05) is 30.1 Å². The maximum absolute atomic E-state index is 12.6. The molecule has 2 unspecified atom stereocenters. The van der Waals surface area contributed by atoms with E-state index in [0.717, 1.165) is 32.4 Å². The molecule has 122 valence electrons. The summed E-state index contributed by atoms with van der Waals surface area (Å²) in [5.74, 6) is 0.232. The monoisotopic (exact) mass is 324 g/mol. The summed E-state index contributed by atoms with van der Waals surface area (Å²) >= 11 is 0. The van der Waals surface area contributed by atoms with E-state index in [4.69, 9.17) is 0 Å². The highest BCUT2D eigenvalue weighted by atomic mass is 35.5. The minimum absolute atomic E-state index is 0. The van der Waals surface area contributed by atoms with Crippen molar-refractivity contribution in [2.24, 2.45) is 0 Å². The number of nitrogens with zero attached hydrogens (tertiary/aromatic N) is 1. The molecule has 3 rings (SSSR count). The zero-order valence-corrected chi connectivity index (χ0v) is 13.7. The SMILES string of the molecule is CNC1CCN(C(=O)C2CC(c3ccccc3)NN2)CC1.Cl. The Balaban J connectivity index is 0.00000176. The van der Waals surface area contributed by atoms with Crippen LogP contribution in [-0.4, -0.2) is 43.0 Å². The second kappa shape index (κ2) is 7.92. The lowest BCUT2D eigenvalue weighted by Gasteiger charge is -2.33. The number of likely N-dealkylation sites (tertiary alicyclic amines) is 1. The van der Waals surface area contributed by atoms with Crippen molar-refractivity contribution in [3.05, 3.63) is 35.9 Å². The van der Waals surface area contributed by atoms with Gasteiger partial charge in [-0.05, 0) is 31.9 Å². The number of nitrogens with one attached hydrogen (secondary N) is 3. The smallest absolute Gasteiger partial charge is 0.241 e. The molecule has 0 aromatic heterocycles. The van der Waals surface area contributed by atoms with Gasteiger partial charge < -0.3 is 10.2 Å². The minimum atomic E-state index is -0.110. The van der Waals surface area contributed by atoms with Crippen LogP contribution in [0.2, 0.25) is 0 Å². The molecule has 1 aromatic rings. The lowest BCUT2D eigenvalue weighted by molar-refractivity contribution is -0.134. The summed E-state index contributed by atoms with van der Waals surface area (Å²) < 4.78 is 0. The Labute approximate surface area is 138 Å². The fraction of sp³-hybridized carbons (Fsp3) is 0.562. The highest BCUT2D eigenvalue weighted by Gasteiger charge is 2.34. The molecule has 2 aliphatic heterocycles. The second-order valence-corrected chi connectivity index (χ2v) is 5.93. The molecule has 2 heterocycles. The summed E-state index contributed by atoms with van der Waals surface area (Å²) in [7, 11) is 2.00. The molecule has 1 aromatic carbocycles. The summed E-state index contributed by atoms with van der Waals surface area (Å²) in [6.07, 6.45) is 2.91. The van der Waals surface area contributed by atoms with Crippen molar-refractivity contribution < 1.29 is 4.79 Å². The minimum Gasteiger partial charge on any atom is -0.341 e. The molecule has 2 saturated heterocycles. The van der Waals surface area contributed by atoms with E-state index in [-0.39, 0.29) is 30.4 Å². The standard InChI is InChI=1S/C16H24N4O.ClH/c1-17-13-7-9-20(10-8-13)16(21)15-11-14(18-19-15)12-5-3-2-4-6-12;/h2-6,13-15,17-19H,7-11H2,1H3;1H. The average molecular weight is 325 g/mol. The Morgan fingerprint density at radius 3 is 2.50 bits per heavy atom. The van der Waals surface area contributed by atoms with Gasteiger partial charge in [0.15, 0.2) is 0 Å². The third-order valence-corrected chi connectivity index (χ3v) is 4.62. The van der Waals surface area contributed by atoms with E-state index in [1.165, 1.54) is 5.56 Å². The van der Waals surface area contributed by atoms with E-state index in [0.29, 0.717) is 6.04 Å². The van der Waals surface area contributed by atoms with Crippen molar-refractivity contribution in [2.75, 3.05) is 20.1 Å². The zero-order valence-electron chi connectivity index (χ0n) is 12.9. The first-order valence-corrected chi connectivity index (χ1v) is 7.80. The first-order chi connectivity index (χ1) is 10.3. The van der Waals surface area contributed by atoms with Gasteiger partial charge >= 0.3 is 0 Å². The third-order valence-electron chi connectivity index (χ3n) is 4.62. The van der Waals surface area contributed by atoms with Crippen molar-refractivity contribution in [3.8, 4) is 0 Å². The molecule has 0 bridgehead atoms. The van der Waals surface area contributed by atoms with Crippen LogP contribution >= 0.6 is 12.4 Å². The Morgan fingerprint density at radius 2 is 1.86 bits per heavy atom. The number of rotatable bonds is 3. The van der Waals surface area contributed by atoms with Crippen LogP contribution < -0.4 is 16.2 Å². The largest absolute Gasteiger partial charge is 0.341 e. The molecule has 0 saturated carbocycles. The molecular formula is C16H25ClN4O. The van der Waals surface area contributed by atoms with E-state index in [9.17, 15) is 4.79 Å². The van der Waals surface area contributed by atoms with Gasteiger partial charge in [-0.1, -0.05) is 30.3 Å². The predicted molar refractivity (Wildman–Crippen MR) is 89.8 cm³/mol. The van der Waals surface area contributed by atoms with Crippen molar-refractivity contribution in [1.82, 2.24) is 21.1 Å². The number of piperidine rings is 1. The molecular weight excluding hydrogens is 300 g/mol. The quantitative estimate of drug-likeness (QED) is 0.783. The molecule has 2 fully saturated rings. The lowest BCUT2D eigenvalue weighted by atomic mass is 10.00. The average Bonchev–Trinajstić information content (AvgIpc) is 3.05. The maximum atomic E-state index is 12.6. The van der Waals surface area contributed by atoms with E-state index >= 15 is 0 Å². The van der Waals surface area contributed by atoms with Crippen LogP contribution in [0, 0.1) is 0 Å². The molecule has 0 spiro atoms. The molecule has 3 N–H and O–H groups in total.